The largest absolute Gasteiger partial charge is 0.378 e. The third kappa shape index (κ3) is 6.33. The first-order valence-corrected chi connectivity index (χ1v) is 12.1. The van der Waals surface area contributed by atoms with Gasteiger partial charge in [-0.3, -0.25) is 0 Å². The zero-order valence-electron chi connectivity index (χ0n) is 20.0. The molecule has 2 fully saturated rings. The molecule has 182 valence electrons. The minimum Gasteiger partial charge on any atom is -0.378 e. The fourth-order valence-electron chi connectivity index (χ4n) is 4.67. The molecule has 0 spiro atoms. The number of morpholine rings is 1. The molecule has 9 heteroatoms. The molecule has 0 radical (unpaired) electrons. The second kappa shape index (κ2) is 11.0. The van der Waals surface area contributed by atoms with E-state index in [2.05, 4.69) is 50.7 Å². The predicted octanol–water partition coefficient (Wildman–Crippen LogP) is 4.18. The van der Waals surface area contributed by atoms with Gasteiger partial charge in [0, 0.05) is 30.4 Å². The van der Waals surface area contributed by atoms with Crippen LogP contribution in [0, 0.1) is 17.1 Å². The molecule has 8 nitrogen and oxygen atoms in total. The van der Waals surface area contributed by atoms with E-state index in [-0.39, 0.29) is 23.3 Å². The summed E-state index contributed by atoms with van der Waals surface area (Å²) in [6.45, 7) is 8.19. The van der Waals surface area contributed by atoms with Gasteiger partial charge in [-0.2, -0.15) is 10.2 Å². The number of nitriles is 1. The number of aromatic nitrogens is 2. The summed E-state index contributed by atoms with van der Waals surface area (Å²) in [5.74, 6) is 0.00641. The van der Waals surface area contributed by atoms with Crippen molar-refractivity contribution < 1.29 is 9.13 Å². The topological polar surface area (TPSA) is 98.1 Å². The van der Waals surface area contributed by atoms with Crippen LogP contribution in [0.3, 0.4) is 0 Å². The van der Waals surface area contributed by atoms with Crippen molar-refractivity contribution in [3.05, 3.63) is 35.8 Å². The van der Waals surface area contributed by atoms with Gasteiger partial charge in [-0.15, -0.1) is 0 Å². The average molecular weight is 468 g/mol. The molecule has 2 aliphatic rings. The minimum atomic E-state index is -0.475. The second-order valence-electron chi connectivity index (χ2n) is 9.66. The minimum absolute atomic E-state index is 0.0392. The van der Waals surface area contributed by atoms with Crippen LogP contribution in [0.4, 0.5) is 27.5 Å². The molecular formula is C25H34FN7O. The Balaban J connectivity index is 1.49. The summed E-state index contributed by atoms with van der Waals surface area (Å²) in [6, 6.07) is 7.96. The van der Waals surface area contributed by atoms with E-state index in [9.17, 15) is 9.65 Å². The highest BCUT2D eigenvalue weighted by Crippen LogP contribution is 2.27. The van der Waals surface area contributed by atoms with E-state index in [1.807, 2.05) is 12.1 Å². The Morgan fingerprint density at radius 1 is 1.24 bits per heavy atom. The smallest absolute Gasteiger partial charge is 0.229 e. The molecule has 1 aromatic carbocycles. The van der Waals surface area contributed by atoms with Crippen LogP contribution in [0.15, 0.2) is 24.4 Å². The van der Waals surface area contributed by atoms with Crippen molar-refractivity contribution in [2.24, 2.45) is 0 Å². The molecular weight excluding hydrogens is 433 g/mol. The number of ether oxygens (including phenoxy) is 1. The van der Waals surface area contributed by atoms with Crippen molar-refractivity contribution in [1.82, 2.24) is 15.3 Å². The van der Waals surface area contributed by atoms with E-state index >= 15 is 0 Å². The van der Waals surface area contributed by atoms with E-state index in [1.165, 1.54) is 6.20 Å². The van der Waals surface area contributed by atoms with Gasteiger partial charge in [-0.1, -0.05) is 12.8 Å². The molecule has 3 N–H and O–H groups in total. The first-order valence-electron chi connectivity index (χ1n) is 12.1. The third-order valence-corrected chi connectivity index (χ3v) is 6.40. The number of hydrogen-bond acceptors (Lipinski definition) is 8. The van der Waals surface area contributed by atoms with Crippen molar-refractivity contribution in [3.63, 3.8) is 0 Å². The van der Waals surface area contributed by atoms with Gasteiger partial charge in [0.05, 0.1) is 30.7 Å². The first kappa shape index (κ1) is 24.2. The van der Waals surface area contributed by atoms with Crippen molar-refractivity contribution >= 4 is 23.1 Å². The highest BCUT2D eigenvalue weighted by molar-refractivity contribution is 5.68. The number of nitrogens with one attached hydrogen (secondary N) is 3. The molecule has 2 aliphatic heterocycles. The molecule has 1 aromatic heterocycles. The zero-order chi connectivity index (χ0) is 24.0. The molecule has 34 heavy (non-hydrogen) atoms. The maximum absolute atomic E-state index is 14.6. The third-order valence-electron chi connectivity index (χ3n) is 6.40. The lowest BCUT2D eigenvalue weighted by molar-refractivity contribution is 0.122. The van der Waals surface area contributed by atoms with Gasteiger partial charge in [0.1, 0.15) is 6.07 Å². The number of benzene rings is 1. The Hall–Kier alpha value is -2.96. The molecule has 2 aromatic rings. The van der Waals surface area contributed by atoms with Crippen LogP contribution in [0.25, 0.3) is 0 Å². The van der Waals surface area contributed by atoms with E-state index in [0.717, 1.165) is 57.4 Å². The lowest BCUT2D eigenvalue weighted by atomic mass is 9.93. The Kier molecular flexibility index (Phi) is 7.80. The molecule has 3 heterocycles. The predicted molar refractivity (Wildman–Crippen MR) is 132 cm³/mol. The van der Waals surface area contributed by atoms with Crippen LogP contribution in [0.2, 0.25) is 0 Å². The van der Waals surface area contributed by atoms with Crippen LogP contribution in [0.5, 0.6) is 0 Å². The standard InChI is InChI=1S/C25H34FN7O/c1-25(2)15-20(6-4-3-5-9-29-25)30-23-21(26)17-28-24(32-23)31-19-7-8-22(18(14-19)16-27)33-10-12-34-13-11-33/h7-8,14,17,20,29H,3-6,9-13,15H2,1-2H3,(H2,28,30,31,32). The van der Waals surface area contributed by atoms with Gasteiger partial charge in [-0.25, -0.2) is 9.37 Å². The molecule has 0 aliphatic carbocycles. The summed E-state index contributed by atoms with van der Waals surface area (Å²) in [5.41, 5.74) is 2.09. The van der Waals surface area contributed by atoms with E-state index in [1.54, 1.807) is 6.07 Å². The summed E-state index contributed by atoms with van der Waals surface area (Å²) >= 11 is 0. The average Bonchev–Trinajstić information content (AvgIpc) is 2.91. The maximum Gasteiger partial charge on any atom is 0.229 e. The normalized spacial score (nSPS) is 21.0. The number of hydrogen-bond donors (Lipinski definition) is 3. The summed E-state index contributed by atoms with van der Waals surface area (Å²) < 4.78 is 20.0. The Morgan fingerprint density at radius 2 is 2.06 bits per heavy atom. The summed E-state index contributed by atoms with van der Waals surface area (Å²) in [5, 5.41) is 19.7. The molecule has 1 atom stereocenters. The Bertz CT molecular complexity index is 1020. The molecule has 0 bridgehead atoms. The number of nitrogens with zero attached hydrogens (tertiary/aromatic N) is 4. The number of rotatable bonds is 5. The quantitative estimate of drug-likeness (QED) is 0.603. The number of anilines is 4. The summed E-state index contributed by atoms with van der Waals surface area (Å²) in [7, 11) is 0. The van der Waals surface area contributed by atoms with Crippen molar-refractivity contribution in [2.75, 3.05) is 48.4 Å². The van der Waals surface area contributed by atoms with Gasteiger partial charge in [0.2, 0.25) is 5.95 Å². The van der Waals surface area contributed by atoms with E-state index in [0.29, 0.717) is 24.5 Å². The van der Waals surface area contributed by atoms with Gasteiger partial charge in [0.25, 0.3) is 0 Å². The molecule has 1 unspecified atom stereocenters. The van der Waals surface area contributed by atoms with Crippen LogP contribution in [-0.4, -0.2) is 54.4 Å². The molecule has 2 saturated heterocycles. The molecule has 0 amide bonds. The second-order valence-corrected chi connectivity index (χ2v) is 9.66. The van der Waals surface area contributed by atoms with Gasteiger partial charge in [0.15, 0.2) is 11.6 Å². The fraction of sp³-hybridized carbons (Fsp3) is 0.560. The van der Waals surface area contributed by atoms with E-state index < -0.39 is 5.82 Å². The van der Waals surface area contributed by atoms with Crippen LogP contribution >= 0.6 is 0 Å². The van der Waals surface area contributed by atoms with Crippen molar-refractivity contribution in [2.45, 2.75) is 57.5 Å². The Labute approximate surface area is 200 Å². The van der Waals surface area contributed by atoms with Crippen molar-refractivity contribution in [1.29, 1.82) is 5.26 Å². The van der Waals surface area contributed by atoms with Gasteiger partial charge >= 0.3 is 0 Å². The highest BCUT2D eigenvalue weighted by atomic mass is 19.1. The highest BCUT2D eigenvalue weighted by Gasteiger charge is 2.25. The van der Waals surface area contributed by atoms with Crippen LogP contribution in [0.1, 0.15) is 51.5 Å². The van der Waals surface area contributed by atoms with Gasteiger partial charge in [-0.05, 0) is 57.9 Å². The van der Waals surface area contributed by atoms with Gasteiger partial charge < -0.3 is 25.6 Å². The lowest BCUT2D eigenvalue weighted by Gasteiger charge is -2.31. The fourth-order valence-corrected chi connectivity index (χ4v) is 4.67. The summed E-state index contributed by atoms with van der Waals surface area (Å²) in [4.78, 5) is 10.7. The first-order chi connectivity index (χ1) is 16.4. The Morgan fingerprint density at radius 3 is 2.85 bits per heavy atom. The molecule has 0 saturated carbocycles. The van der Waals surface area contributed by atoms with Crippen LogP contribution < -0.4 is 20.9 Å². The SMILES string of the molecule is CC1(C)CC(Nc2nc(Nc3ccc(N4CCOCC4)c(C#N)c3)ncc2F)CCCCCN1. The van der Waals surface area contributed by atoms with E-state index in [4.69, 9.17) is 4.74 Å². The monoisotopic (exact) mass is 467 g/mol. The number of halogens is 1. The lowest BCUT2D eigenvalue weighted by Crippen LogP contribution is -2.43. The molecule has 4 rings (SSSR count). The summed E-state index contributed by atoms with van der Waals surface area (Å²) in [6.07, 6.45) is 6.42. The van der Waals surface area contributed by atoms with Crippen LogP contribution in [-0.2, 0) is 4.74 Å². The zero-order valence-corrected chi connectivity index (χ0v) is 20.0. The van der Waals surface area contributed by atoms with Crippen molar-refractivity contribution in [3.8, 4) is 6.07 Å². The maximum atomic E-state index is 14.6.